The van der Waals surface area contributed by atoms with Gasteiger partial charge < -0.3 is 14.8 Å². The van der Waals surface area contributed by atoms with E-state index in [2.05, 4.69) is 15.0 Å². The van der Waals surface area contributed by atoms with E-state index in [1.165, 1.54) is 12.8 Å². The molecule has 2 heterocycles. The van der Waals surface area contributed by atoms with Crippen LogP contribution >= 0.6 is 0 Å². The van der Waals surface area contributed by atoms with Crippen LogP contribution in [0.4, 0.5) is 8.78 Å². The van der Waals surface area contributed by atoms with Crippen molar-refractivity contribution < 1.29 is 18.3 Å². The minimum atomic E-state index is -2.78. The summed E-state index contributed by atoms with van der Waals surface area (Å²) < 4.78 is 34.6. The van der Waals surface area contributed by atoms with Crippen LogP contribution in [0.1, 0.15) is 24.5 Å². The fourth-order valence-corrected chi connectivity index (χ4v) is 3.36. The van der Waals surface area contributed by atoms with Crippen molar-refractivity contribution in [3.63, 3.8) is 0 Å². The molecule has 0 aromatic heterocycles. The van der Waals surface area contributed by atoms with Crippen LogP contribution in [0.15, 0.2) is 24.3 Å². The van der Waals surface area contributed by atoms with Crippen LogP contribution < -0.4 is 10.1 Å². The van der Waals surface area contributed by atoms with Crippen molar-refractivity contribution in [3.8, 4) is 5.75 Å². The highest BCUT2D eigenvalue weighted by molar-refractivity contribution is 5.29. The third-order valence-electron chi connectivity index (χ3n) is 4.60. The molecule has 128 valence electrons. The smallest absolute Gasteiger partial charge is 0.387 e. The molecule has 0 amide bonds. The van der Waals surface area contributed by atoms with Crippen molar-refractivity contribution in [1.29, 1.82) is 0 Å². The molecule has 0 radical (unpaired) electrons. The summed E-state index contributed by atoms with van der Waals surface area (Å²) in [6.07, 6.45) is 2.48. The third-order valence-corrected chi connectivity index (χ3v) is 4.60. The molecule has 0 saturated carbocycles. The Kier molecular flexibility index (Phi) is 5.80. The maximum absolute atomic E-state index is 12.2. The molecule has 2 fully saturated rings. The minimum Gasteiger partial charge on any atom is -0.435 e. The largest absolute Gasteiger partial charge is 0.435 e. The minimum absolute atomic E-state index is 0.00562. The average molecular weight is 326 g/mol. The molecule has 2 saturated heterocycles. The Hall–Kier alpha value is -1.24. The molecule has 1 unspecified atom stereocenters. The zero-order valence-electron chi connectivity index (χ0n) is 13.2. The Labute approximate surface area is 135 Å². The summed E-state index contributed by atoms with van der Waals surface area (Å²) in [5.41, 5.74) is 1.02. The van der Waals surface area contributed by atoms with Crippen LogP contribution in [0.25, 0.3) is 0 Å². The molecule has 0 spiro atoms. The lowest BCUT2D eigenvalue weighted by molar-refractivity contribution is -0.0500. The monoisotopic (exact) mass is 326 g/mol. The Morgan fingerprint density at radius 1 is 1.22 bits per heavy atom. The quantitative estimate of drug-likeness (QED) is 0.902. The summed E-state index contributed by atoms with van der Waals surface area (Å²) in [6, 6.07) is 6.79. The van der Waals surface area contributed by atoms with Gasteiger partial charge in [-0.3, -0.25) is 4.90 Å². The Morgan fingerprint density at radius 2 is 1.96 bits per heavy atom. The highest BCUT2D eigenvalue weighted by Gasteiger charge is 2.24. The number of ether oxygens (including phenoxy) is 2. The number of nitrogens with zero attached hydrogens (tertiary/aromatic N) is 1. The third kappa shape index (κ3) is 4.86. The molecule has 1 atom stereocenters. The molecule has 3 rings (SSSR count). The highest BCUT2D eigenvalue weighted by atomic mass is 19.3. The highest BCUT2D eigenvalue weighted by Crippen LogP contribution is 2.26. The Balaban J connectivity index is 1.55. The second-order valence-corrected chi connectivity index (χ2v) is 6.26. The lowest BCUT2D eigenvalue weighted by atomic mass is 9.97. The number of hydrogen-bond acceptors (Lipinski definition) is 4. The number of halogens is 2. The number of morpholine rings is 1. The maximum Gasteiger partial charge on any atom is 0.387 e. The van der Waals surface area contributed by atoms with Gasteiger partial charge in [-0.25, -0.2) is 0 Å². The second kappa shape index (κ2) is 8.04. The predicted molar refractivity (Wildman–Crippen MR) is 83.8 cm³/mol. The van der Waals surface area contributed by atoms with E-state index in [-0.39, 0.29) is 11.9 Å². The zero-order valence-corrected chi connectivity index (χ0v) is 13.2. The van der Waals surface area contributed by atoms with Gasteiger partial charge in [0.2, 0.25) is 0 Å². The number of nitrogens with one attached hydrogen (secondary N) is 1. The van der Waals surface area contributed by atoms with Gasteiger partial charge in [0, 0.05) is 19.6 Å². The number of rotatable bonds is 5. The zero-order chi connectivity index (χ0) is 16.1. The first kappa shape index (κ1) is 16.6. The van der Waals surface area contributed by atoms with E-state index >= 15 is 0 Å². The molecule has 0 aliphatic carbocycles. The molecule has 23 heavy (non-hydrogen) atoms. The van der Waals surface area contributed by atoms with Gasteiger partial charge in [-0.05, 0) is 49.5 Å². The number of benzene rings is 1. The van der Waals surface area contributed by atoms with Gasteiger partial charge in [0.05, 0.1) is 12.7 Å². The SMILES string of the molecule is FC(F)Oc1ccc(C2CN(CC3CCNCC3)CCO2)cc1. The summed E-state index contributed by atoms with van der Waals surface area (Å²) in [6.45, 7) is 3.10. The first-order valence-corrected chi connectivity index (χ1v) is 8.30. The van der Waals surface area contributed by atoms with Crippen molar-refractivity contribution in [2.45, 2.75) is 25.6 Å². The number of alkyl halides is 2. The molecule has 2 aliphatic heterocycles. The second-order valence-electron chi connectivity index (χ2n) is 6.26. The lowest BCUT2D eigenvalue weighted by Gasteiger charge is -2.36. The standard InChI is InChI=1S/C17H24F2N2O2/c18-17(19)23-15-3-1-14(2-4-15)16-12-21(9-10-22-16)11-13-5-7-20-8-6-13/h1-4,13,16-17,20H,5-12H2. The van der Waals surface area contributed by atoms with Crippen molar-refractivity contribution in [2.24, 2.45) is 5.92 Å². The molecule has 1 aromatic rings. The first-order valence-electron chi connectivity index (χ1n) is 8.30. The van der Waals surface area contributed by atoms with Crippen LogP contribution in [0, 0.1) is 5.92 Å². The van der Waals surface area contributed by atoms with Crippen LogP contribution in [-0.2, 0) is 4.74 Å². The molecule has 4 nitrogen and oxygen atoms in total. The van der Waals surface area contributed by atoms with Gasteiger partial charge in [-0.15, -0.1) is 0 Å². The van der Waals surface area contributed by atoms with Gasteiger partial charge in [0.25, 0.3) is 0 Å². The topological polar surface area (TPSA) is 33.7 Å². The fraction of sp³-hybridized carbons (Fsp3) is 0.647. The van der Waals surface area contributed by atoms with Crippen molar-refractivity contribution >= 4 is 0 Å². The summed E-state index contributed by atoms with van der Waals surface area (Å²) in [5.74, 6) is 0.947. The maximum atomic E-state index is 12.2. The van der Waals surface area contributed by atoms with Gasteiger partial charge in [0.15, 0.2) is 0 Å². The Bertz CT molecular complexity index is 478. The normalized spacial score (nSPS) is 24.0. The number of piperidine rings is 1. The Morgan fingerprint density at radius 3 is 2.65 bits per heavy atom. The molecule has 1 aromatic carbocycles. The first-order chi connectivity index (χ1) is 11.2. The van der Waals surface area contributed by atoms with Crippen molar-refractivity contribution in [1.82, 2.24) is 10.2 Å². The van der Waals surface area contributed by atoms with E-state index in [9.17, 15) is 8.78 Å². The average Bonchev–Trinajstić information content (AvgIpc) is 2.56. The van der Waals surface area contributed by atoms with Crippen molar-refractivity contribution in [2.75, 3.05) is 39.3 Å². The van der Waals surface area contributed by atoms with Crippen molar-refractivity contribution in [3.05, 3.63) is 29.8 Å². The molecular weight excluding hydrogens is 302 g/mol. The summed E-state index contributed by atoms with van der Waals surface area (Å²) in [5, 5.41) is 3.40. The van der Waals surface area contributed by atoms with E-state index < -0.39 is 6.61 Å². The summed E-state index contributed by atoms with van der Waals surface area (Å²) >= 11 is 0. The fourth-order valence-electron chi connectivity index (χ4n) is 3.36. The van der Waals surface area contributed by atoms with Crippen LogP contribution in [0.5, 0.6) is 5.75 Å². The predicted octanol–water partition coefficient (Wildman–Crippen LogP) is 2.66. The van der Waals surface area contributed by atoms with E-state index in [0.717, 1.165) is 44.2 Å². The summed E-state index contributed by atoms with van der Waals surface area (Å²) in [7, 11) is 0. The molecule has 2 aliphatic rings. The molecule has 0 bridgehead atoms. The van der Waals surface area contributed by atoms with E-state index in [1.54, 1.807) is 12.1 Å². The van der Waals surface area contributed by atoms with E-state index in [0.29, 0.717) is 6.61 Å². The van der Waals surface area contributed by atoms with Gasteiger partial charge in [0.1, 0.15) is 5.75 Å². The van der Waals surface area contributed by atoms with Gasteiger partial charge in [-0.1, -0.05) is 12.1 Å². The summed E-state index contributed by atoms with van der Waals surface area (Å²) in [4.78, 5) is 2.47. The molecular formula is C17H24F2N2O2. The van der Waals surface area contributed by atoms with Gasteiger partial charge in [-0.2, -0.15) is 8.78 Å². The lowest BCUT2D eigenvalue weighted by Crippen LogP contribution is -2.43. The molecule has 1 N–H and O–H groups in total. The molecule has 6 heteroatoms. The van der Waals surface area contributed by atoms with Gasteiger partial charge >= 0.3 is 6.61 Å². The number of hydrogen-bond donors (Lipinski definition) is 1. The van der Waals surface area contributed by atoms with E-state index in [4.69, 9.17) is 4.74 Å². The van der Waals surface area contributed by atoms with Crippen LogP contribution in [0.3, 0.4) is 0 Å². The van der Waals surface area contributed by atoms with E-state index in [1.807, 2.05) is 12.1 Å². The van der Waals surface area contributed by atoms with Crippen LogP contribution in [-0.4, -0.2) is 50.8 Å². The van der Waals surface area contributed by atoms with Crippen LogP contribution in [0.2, 0.25) is 0 Å².